The lowest BCUT2D eigenvalue weighted by Crippen LogP contribution is -2.44. The number of esters is 1. The average molecular weight is 196 g/mol. The van der Waals surface area contributed by atoms with Crippen molar-refractivity contribution in [1.29, 1.82) is 0 Å². The minimum absolute atomic E-state index is 0.122. The largest absolute Gasteiger partial charge is 0.451 e. The molecule has 0 N–H and O–H groups in total. The number of ketones is 1. The number of rotatable bonds is 1. The van der Waals surface area contributed by atoms with E-state index in [1.807, 2.05) is 13.8 Å². The summed E-state index contributed by atoms with van der Waals surface area (Å²) in [5.74, 6) is 0.183. The lowest BCUT2D eigenvalue weighted by molar-refractivity contribution is -0.166. The molecular weight excluding hydrogens is 180 g/mol. The fourth-order valence-corrected chi connectivity index (χ4v) is 3.02. The summed E-state index contributed by atoms with van der Waals surface area (Å²) in [5.41, 5.74) is -1.06. The predicted octanol–water partition coefficient (Wildman–Crippen LogP) is 1.70. The van der Waals surface area contributed by atoms with Crippen molar-refractivity contribution in [2.75, 3.05) is 0 Å². The molecule has 3 nitrogen and oxygen atoms in total. The first kappa shape index (κ1) is 9.69. The van der Waals surface area contributed by atoms with E-state index in [9.17, 15) is 9.59 Å². The third-order valence-electron chi connectivity index (χ3n) is 3.83. The first-order valence-corrected chi connectivity index (χ1v) is 5.13. The number of ether oxygens (including phenoxy) is 1. The summed E-state index contributed by atoms with van der Waals surface area (Å²) in [4.78, 5) is 23.0. The van der Waals surface area contributed by atoms with Gasteiger partial charge in [-0.25, -0.2) is 0 Å². The van der Waals surface area contributed by atoms with E-state index >= 15 is 0 Å². The Kier molecular flexibility index (Phi) is 1.79. The van der Waals surface area contributed by atoms with Gasteiger partial charge in [-0.15, -0.1) is 0 Å². The fourth-order valence-electron chi connectivity index (χ4n) is 3.02. The molecule has 0 aliphatic heterocycles. The van der Waals surface area contributed by atoms with Crippen LogP contribution < -0.4 is 0 Å². The van der Waals surface area contributed by atoms with Crippen molar-refractivity contribution in [3.8, 4) is 0 Å². The van der Waals surface area contributed by atoms with Crippen LogP contribution in [0.5, 0.6) is 0 Å². The van der Waals surface area contributed by atoms with Gasteiger partial charge in [0.25, 0.3) is 0 Å². The van der Waals surface area contributed by atoms with E-state index < -0.39 is 5.60 Å². The Bertz CT molecular complexity index is 306. The zero-order chi connectivity index (χ0) is 10.6. The minimum atomic E-state index is -0.764. The van der Waals surface area contributed by atoms with Crippen molar-refractivity contribution in [2.24, 2.45) is 11.3 Å². The topological polar surface area (TPSA) is 43.4 Å². The van der Waals surface area contributed by atoms with Gasteiger partial charge in [-0.2, -0.15) is 0 Å². The molecule has 3 heteroatoms. The third kappa shape index (κ3) is 1.04. The van der Waals surface area contributed by atoms with E-state index in [0.717, 1.165) is 19.3 Å². The van der Waals surface area contributed by atoms with Crippen LogP contribution in [0.15, 0.2) is 0 Å². The highest BCUT2D eigenvalue weighted by molar-refractivity contribution is 5.97. The second kappa shape index (κ2) is 2.59. The molecule has 0 radical (unpaired) electrons. The summed E-state index contributed by atoms with van der Waals surface area (Å²) in [6.07, 6.45) is 2.46. The zero-order valence-corrected chi connectivity index (χ0v) is 8.92. The van der Waals surface area contributed by atoms with Gasteiger partial charge in [0.1, 0.15) is 0 Å². The Morgan fingerprint density at radius 2 is 2.14 bits per heavy atom. The van der Waals surface area contributed by atoms with Gasteiger partial charge in [-0.1, -0.05) is 13.8 Å². The maximum Gasteiger partial charge on any atom is 0.303 e. The maximum atomic E-state index is 12.1. The number of Topliss-reactive ketones (excluding diaryl/α,β-unsaturated/α-hetero) is 1. The lowest BCUT2D eigenvalue weighted by Gasteiger charge is -2.32. The predicted molar refractivity (Wildman–Crippen MR) is 50.6 cm³/mol. The Labute approximate surface area is 83.8 Å². The summed E-state index contributed by atoms with van der Waals surface area (Å²) in [6, 6.07) is 0. The van der Waals surface area contributed by atoms with E-state index in [-0.39, 0.29) is 17.2 Å². The number of hydrogen-bond acceptors (Lipinski definition) is 3. The summed E-state index contributed by atoms with van der Waals surface area (Å²) in [7, 11) is 0. The van der Waals surface area contributed by atoms with Crippen LogP contribution in [0.2, 0.25) is 0 Å². The first-order chi connectivity index (χ1) is 6.38. The molecule has 0 amide bonds. The maximum absolute atomic E-state index is 12.1. The molecule has 0 aromatic heterocycles. The van der Waals surface area contributed by atoms with E-state index in [1.165, 1.54) is 6.92 Å². The molecular formula is C11H16O3. The van der Waals surface area contributed by atoms with E-state index in [2.05, 4.69) is 0 Å². The van der Waals surface area contributed by atoms with Gasteiger partial charge in [0, 0.05) is 12.3 Å². The van der Waals surface area contributed by atoms with Crippen LogP contribution in [0.1, 0.15) is 40.0 Å². The third-order valence-corrected chi connectivity index (χ3v) is 3.83. The van der Waals surface area contributed by atoms with Gasteiger partial charge in [0.2, 0.25) is 0 Å². The first-order valence-electron chi connectivity index (χ1n) is 5.13. The van der Waals surface area contributed by atoms with Crippen molar-refractivity contribution < 1.29 is 14.3 Å². The van der Waals surface area contributed by atoms with Crippen molar-refractivity contribution in [3.05, 3.63) is 0 Å². The summed E-state index contributed by atoms with van der Waals surface area (Å²) < 4.78 is 5.25. The van der Waals surface area contributed by atoms with E-state index in [4.69, 9.17) is 4.74 Å². The van der Waals surface area contributed by atoms with Crippen molar-refractivity contribution in [2.45, 2.75) is 45.6 Å². The Morgan fingerprint density at radius 1 is 1.50 bits per heavy atom. The molecule has 0 aromatic rings. The minimum Gasteiger partial charge on any atom is -0.451 e. The monoisotopic (exact) mass is 196 g/mol. The molecule has 2 fully saturated rings. The molecule has 2 atom stereocenters. The van der Waals surface area contributed by atoms with Gasteiger partial charge in [0.05, 0.1) is 0 Å². The van der Waals surface area contributed by atoms with Crippen LogP contribution in [0.25, 0.3) is 0 Å². The second-order valence-corrected chi connectivity index (χ2v) is 5.08. The summed E-state index contributed by atoms with van der Waals surface area (Å²) in [6.45, 7) is 5.30. The number of carbonyl (C=O) groups is 2. The highest BCUT2D eigenvalue weighted by Crippen LogP contribution is 2.56. The van der Waals surface area contributed by atoms with Gasteiger partial charge >= 0.3 is 5.97 Å². The number of hydrogen-bond donors (Lipinski definition) is 0. The Hall–Kier alpha value is -0.860. The quantitative estimate of drug-likeness (QED) is 0.599. The fraction of sp³-hybridized carbons (Fsp3) is 0.818. The summed E-state index contributed by atoms with van der Waals surface area (Å²) in [5, 5.41) is 0. The molecule has 2 aliphatic rings. The normalized spacial score (nSPS) is 38.8. The molecule has 0 saturated heterocycles. The van der Waals surface area contributed by atoms with Crippen LogP contribution in [-0.2, 0) is 14.3 Å². The molecule has 2 saturated carbocycles. The number of carbonyl (C=O) groups excluding carboxylic acids is 2. The molecule has 2 unspecified atom stereocenters. The molecule has 2 rings (SSSR count). The van der Waals surface area contributed by atoms with Gasteiger partial charge in [-0.3, -0.25) is 9.59 Å². The molecule has 2 bridgehead atoms. The average Bonchev–Trinajstić information content (AvgIpc) is 2.52. The van der Waals surface area contributed by atoms with Crippen molar-refractivity contribution in [1.82, 2.24) is 0 Å². The highest BCUT2D eigenvalue weighted by atomic mass is 16.6. The molecule has 0 spiro atoms. The van der Waals surface area contributed by atoms with Gasteiger partial charge in [0.15, 0.2) is 11.4 Å². The lowest BCUT2D eigenvalue weighted by atomic mass is 9.74. The summed E-state index contributed by atoms with van der Waals surface area (Å²) >= 11 is 0. The smallest absolute Gasteiger partial charge is 0.303 e. The van der Waals surface area contributed by atoms with Crippen LogP contribution in [0, 0.1) is 11.3 Å². The van der Waals surface area contributed by atoms with Crippen LogP contribution >= 0.6 is 0 Å². The van der Waals surface area contributed by atoms with Gasteiger partial charge < -0.3 is 4.74 Å². The molecule has 78 valence electrons. The Morgan fingerprint density at radius 3 is 2.57 bits per heavy atom. The van der Waals surface area contributed by atoms with E-state index in [1.54, 1.807) is 0 Å². The van der Waals surface area contributed by atoms with Crippen molar-refractivity contribution >= 4 is 11.8 Å². The second-order valence-electron chi connectivity index (χ2n) is 5.08. The standard InChI is InChI=1S/C11H16O3/c1-7(12)14-11-5-4-8(6-11)10(2,3)9(11)13/h8H,4-6H2,1-3H3. The SMILES string of the molecule is CC(=O)OC12CCC(C1)C(C)(C)C2=O. The molecule has 0 aromatic carbocycles. The number of fused-ring (bicyclic) bond motifs is 2. The van der Waals surface area contributed by atoms with E-state index in [0.29, 0.717) is 5.92 Å². The van der Waals surface area contributed by atoms with Crippen LogP contribution in [0.4, 0.5) is 0 Å². The highest BCUT2D eigenvalue weighted by Gasteiger charge is 2.63. The zero-order valence-electron chi connectivity index (χ0n) is 8.92. The van der Waals surface area contributed by atoms with Gasteiger partial charge in [-0.05, 0) is 25.2 Å². The molecule has 0 heterocycles. The molecule has 2 aliphatic carbocycles. The van der Waals surface area contributed by atoms with Crippen LogP contribution in [-0.4, -0.2) is 17.4 Å². The van der Waals surface area contributed by atoms with Crippen LogP contribution in [0.3, 0.4) is 0 Å². The van der Waals surface area contributed by atoms with Crippen molar-refractivity contribution in [3.63, 3.8) is 0 Å². The molecule has 14 heavy (non-hydrogen) atoms. The Balaban J connectivity index is 2.30.